The van der Waals surface area contributed by atoms with E-state index in [1.54, 1.807) is 37.1 Å². The van der Waals surface area contributed by atoms with Gasteiger partial charge >= 0.3 is 0 Å². The molecule has 0 aliphatic heterocycles. The Bertz CT molecular complexity index is 1070. The smallest absolute Gasteiger partial charge is 0.234 e. The molecule has 0 bridgehead atoms. The van der Waals surface area contributed by atoms with Crippen LogP contribution in [0.25, 0.3) is 0 Å². The van der Waals surface area contributed by atoms with Crippen molar-refractivity contribution in [1.29, 1.82) is 0 Å². The van der Waals surface area contributed by atoms with E-state index in [1.807, 2.05) is 32.9 Å². The molecule has 0 aromatic heterocycles. The molecule has 1 saturated carbocycles. The van der Waals surface area contributed by atoms with Gasteiger partial charge in [0, 0.05) is 24.7 Å². The Morgan fingerprint density at radius 3 is 2.32 bits per heavy atom. The van der Waals surface area contributed by atoms with Crippen molar-refractivity contribution >= 4 is 64.4 Å². The predicted octanol–water partition coefficient (Wildman–Crippen LogP) is 6.29. The van der Waals surface area contributed by atoms with E-state index < -0.39 is 15.2 Å². The molecule has 2 amide bonds. The van der Waals surface area contributed by atoms with Gasteiger partial charge in [-0.25, -0.2) is 0 Å². The first kappa shape index (κ1) is 24.2. The lowest BCUT2D eigenvalue weighted by molar-refractivity contribution is -0.121. The molecule has 1 N–H and O–H groups in total. The number of rotatable bonds is 6. The van der Waals surface area contributed by atoms with E-state index in [9.17, 15) is 9.59 Å². The minimum absolute atomic E-state index is 0.298. The molecule has 0 radical (unpaired) electrons. The summed E-state index contributed by atoms with van der Waals surface area (Å²) >= 11 is 25.7. The summed E-state index contributed by atoms with van der Waals surface area (Å²) in [4.78, 5) is 26.1. The van der Waals surface area contributed by atoms with Crippen molar-refractivity contribution < 1.29 is 9.59 Å². The normalized spacial score (nSPS) is 23.9. The molecule has 31 heavy (non-hydrogen) atoms. The van der Waals surface area contributed by atoms with Crippen molar-refractivity contribution in [2.75, 3.05) is 12.4 Å². The fraction of sp³-hybridized carbons (Fsp3) is 0.391. The average molecular weight is 502 g/mol. The van der Waals surface area contributed by atoms with Crippen LogP contribution in [0.3, 0.4) is 0 Å². The number of carbonyl (C=O) groups is 2. The fourth-order valence-corrected chi connectivity index (χ4v) is 5.60. The SMILES string of the molecule is Cc1ccc(NC(=O)C2(C)C(Cl)(Cl)C2(C)c2ccc(Cl)c(Cl)c2)c(C)c1CN(C)C=O. The van der Waals surface area contributed by atoms with Crippen LogP contribution in [0.15, 0.2) is 30.3 Å². The summed E-state index contributed by atoms with van der Waals surface area (Å²) in [5.74, 6) is -0.298. The molecule has 2 unspecified atom stereocenters. The molecular formula is C23H24Cl4N2O2. The van der Waals surface area contributed by atoms with Gasteiger partial charge in [0.25, 0.3) is 0 Å². The second kappa shape index (κ2) is 8.15. The van der Waals surface area contributed by atoms with Crippen LogP contribution in [-0.2, 0) is 21.5 Å². The summed E-state index contributed by atoms with van der Waals surface area (Å²) in [6.07, 6.45) is 0.771. The van der Waals surface area contributed by atoms with E-state index in [-0.39, 0.29) is 5.91 Å². The summed E-state index contributed by atoms with van der Waals surface area (Å²) in [7, 11) is 1.71. The summed E-state index contributed by atoms with van der Waals surface area (Å²) in [6.45, 7) is 7.92. The molecule has 166 valence electrons. The number of halogens is 4. The maximum Gasteiger partial charge on any atom is 0.234 e. The third kappa shape index (κ3) is 3.52. The van der Waals surface area contributed by atoms with Gasteiger partial charge in [-0.2, -0.15) is 0 Å². The molecule has 1 aliphatic carbocycles. The van der Waals surface area contributed by atoms with Crippen LogP contribution in [0, 0.1) is 19.3 Å². The number of hydrogen-bond acceptors (Lipinski definition) is 2. The van der Waals surface area contributed by atoms with Crippen LogP contribution in [0.5, 0.6) is 0 Å². The standard InChI is InChI=1S/C23H24Cl4N2O2/c1-13-6-9-19(14(2)16(13)11-29(5)12-30)28-20(31)22(4)21(3,23(22,26)27)15-7-8-17(24)18(25)10-15/h6-10,12H,11H2,1-5H3,(H,28,31). The first-order valence-electron chi connectivity index (χ1n) is 9.72. The Kier molecular flexibility index (Phi) is 6.36. The van der Waals surface area contributed by atoms with Gasteiger partial charge in [0.15, 0.2) is 0 Å². The minimum Gasteiger partial charge on any atom is -0.344 e. The second-order valence-electron chi connectivity index (χ2n) is 8.46. The summed E-state index contributed by atoms with van der Waals surface area (Å²) in [5, 5.41) is 3.79. The lowest BCUT2D eigenvalue weighted by Crippen LogP contribution is -2.29. The first-order valence-corrected chi connectivity index (χ1v) is 11.2. The highest BCUT2D eigenvalue weighted by atomic mass is 35.5. The number of hydrogen-bond donors (Lipinski definition) is 1. The predicted molar refractivity (Wildman–Crippen MR) is 128 cm³/mol. The van der Waals surface area contributed by atoms with Gasteiger partial charge in [-0.1, -0.05) is 65.5 Å². The van der Waals surface area contributed by atoms with Gasteiger partial charge in [-0.15, -0.1) is 0 Å². The molecule has 3 rings (SSSR count). The van der Waals surface area contributed by atoms with Crippen LogP contribution < -0.4 is 5.32 Å². The van der Waals surface area contributed by atoms with E-state index >= 15 is 0 Å². The molecule has 1 fully saturated rings. The average Bonchev–Trinajstić information content (AvgIpc) is 3.09. The van der Waals surface area contributed by atoms with E-state index in [2.05, 4.69) is 5.32 Å². The highest BCUT2D eigenvalue weighted by molar-refractivity contribution is 6.55. The molecule has 2 aromatic rings. The Balaban J connectivity index is 1.95. The summed E-state index contributed by atoms with van der Waals surface area (Å²) in [6, 6.07) is 8.92. The molecular weight excluding hydrogens is 478 g/mol. The largest absolute Gasteiger partial charge is 0.344 e. The van der Waals surface area contributed by atoms with E-state index in [4.69, 9.17) is 46.4 Å². The molecule has 2 atom stereocenters. The van der Waals surface area contributed by atoms with Gasteiger partial charge in [0.2, 0.25) is 12.3 Å². The third-order valence-corrected chi connectivity index (χ3v) is 9.06. The number of alkyl halides is 2. The number of carbonyl (C=O) groups excluding carboxylic acids is 2. The topological polar surface area (TPSA) is 49.4 Å². The van der Waals surface area contributed by atoms with Crippen LogP contribution in [0.4, 0.5) is 5.69 Å². The Morgan fingerprint density at radius 2 is 1.74 bits per heavy atom. The van der Waals surface area contributed by atoms with Gasteiger partial charge in [-0.3, -0.25) is 9.59 Å². The summed E-state index contributed by atoms with van der Waals surface area (Å²) in [5.41, 5.74) is 2.29. The molecule has 4 nitrogen and oxygen atoms in total. The van der Waals surface area contributed by atoms with E-state index in [1.165, 1.54) is 0 Å². The van der Waals surface area contributed by atoms with Crippen molar-refractivity contribution in [1.82, 2.24) is 4.90 Å². The fourth-order valence-electron chi connectivity index (χ4n) is 4.25. The highest BCUT2D eigenvalue weighted by Gasteiger charge is 2.86. The zero-order valence-corrected chi connectivity index (χ0v) is 21.0. The number of benzene rings is 2. The van der Waals surface area contributed by atoms with E-state index in [0.717, 1.165) is 28.7 Å². The molecule has 0 saturated heterocycles. The minimum atomic E-state index is -1.35. The zero-order valence-electron chi connectivity index (χ0n) is 17.9. The Labute approximate surface area is 202 Å². The molecule has 2 aromatic carbocycles. The van der Waals surface area contributed by atoms with Crippen molar-refractivity contribution in [3.05, 3.63) is 62.6 Å². The van der Waals surface area contributed by atoms with Gasteiger partial charge < -0.3 is 10.2 Å². The lowest BCUT2D eigenvalue weighted by Gasteiger charge is -2.21. The Hall–Kier alpha value is -1.46. The zero-order chi connectivity index (χ0) is 23.4. The van der Waals surface area contributed by atoms with Crippen LogP contribution >= 0.6 is 46.4 Å². The molecule has 0 heterocycles. The maximum absolute atomic E-state index is 13.5. The van der Waals surface area contributed by atoms with Gasteiger partial charge in [-0.05, 0) is 61.2 Å². The van der Waals surface area contributed by atoms with Gasteiger partial charge in [0.1, 0.15) is 4.33 Å². The number of aryl methyl sites for hydroxylation is 1. The number of amides is 2. The molecule has 0 spiro atoms. The maximum atomic E-state index is 13.5. The summed E-state index contributed by atoms with van der Waals surface area (Å²) < 4.78 is -1.35. The third-order valence-electron chi connectivity index (χ3n) is 6.81. The molecule has 8 heteroatoms. The van der Waals surface area contributed by atoms with Crippen molar-refractivity contribution in [2.45, 2.75) is 44.0 Å². The quantitative estimate of drug-likeness (QED) is 0.373. The van der Waals surface area contributed by atoms with Crippen LogP contribution in [-0.4, -0.2) is 28.6 Å². The van der Waals surface area contributed by atoms with Crippen molar-refractivity contribution in [2.24, 2.45) is 5.41 Å². The van der Waals surface area contributed by atoms with Crippen molar-refractivity contribution in [3.8, 4) is 0 Å². The monoisotopic (exact) mass is 500 g/mol. The van der Waals surface area contributed by atoms with Crippen LogP contribution in [0.1, 0.15) is 36.1 Å². The van der Waals surface area contributed by atoms with E-state index in [0.29, 0.717) is 22.3 Å². The number of nitrogens with zero attached hydrogens (tertiary/aromatic N) is 1. The second-order valence-corrected chi connectivity index (χ2v) is 10.6. The van der Waals surface area contributed by atoms with Gasteiger partial charge in [0.05, 0.1) is 15.5 Å². The lowest BCUT2D eigenvalue weighted by atomic mass is 9.88. The van der Waals surface area contributed by atoms with Crippen LogP contribution in [0.2, 0.25) is 10.0 Å². The highest BCUT2D eigenvalue weighted by Crippen LogP contribution is 2.78. The molecule has 1 aliphatic rings. The van der Waals surface area contributed by atoms with Crippen molar-refractivity contribution in [3.63, 3.8) is 0 Å². The number of nitrogens with one attached hydrogen (secondary N) is 1. The first-order chi connectivity index (χ1) is 14.3. The Morgan fingerprint density at radius 1 is 1.10 bits per heavy atom. The number of anilines is 1.